The molecule has 11 rings (SSSR count). The van der Waals surface area contributed by atoms with Crippen LogP contribution in [-0.2, 0) is 0 Å². The minimum Gasteiger partial charge on any atom is -0.456 e. The summed E-state index contributed by atoms with van der Waals surface area (Å²) in [5.41, 5.74) is 12.3. The molecule has 50 heavy (non-hydrogen) atoms. The molecule has 0 amide bonds. The summed E-state index contributed by atoms with van der Waals surface area (Å²) in [6.07, 6.45) is 0. The molecule has 6 heteroatoms. The molecule has 0 aliphatic carbocycles. The van der Waals surface area contributed by atoms with Crippen molar-refractivity contribution in [1.29, 1.82) is 0 Å². The Morgan fingerprint density at radius 3 is 1.56 bits per heavy atom. The van der Waals surface area contributed by atoms with Crippen LogP contribution in [0.2, 0.25) is 0 Å². The molecule has 234 valence electrons. The molecule has 0 unspecified atom stereocenters. The van der Waals surface area contributed by atoms with Crippen LogP contribution in [0.4, 0.5) is 0 Å². The zero-order valence-corrected chi connectivity index (χ0v) is 26.5. The van der Waals surface area contributed by atoms with Gasteiger partial charge in [-0.3, -0.25) is 0 Å². The fourth-order valence-electron chi connectivity index (χ4n) is 7.36. The predicted molar refractivity (Wildman–Crippen MR) is 200 cm³/mol. The van der Waals surface area contributed by atoms with E-state index in [9.17, 15) is 0 Å². The van der Waals surface area contributed by atoms with Gasteiger partial charge in [-0.15, -0.1) is 0 Å². The molecule has 0 aliphatic rings. The summed E-state index contributed by atoms with van der Waals surface area (Å²) in [6.45, 7) is 0. The molecule has 11 aromatic rings. The lowest BCUT2D eigenvalue weighted by molar-refractivity contribution is 0.619. The van der Waals surface area contributed by atoms with Gasteiger partial charge in [-0.25, -0.2) is 9.97 Å². The van der Waals surface area contributed by atoms with Crippen molar-refractivity contribution < 1.29 is 13.3 Å². The van der Waals surface area contributed by atoms with E-state index >= 15 is 0 Å². The number of hydrogen-bond acceptors (Lipinski definition) is 5. The molecule has 0 atom stereocenters. The van der Waals surface area contributed by atoms with E-state index in [1.54, 1.807) is 0 Å². The van der Waals surface area contributed by atoms with Crippen LogP contribution in [-0.4, -0.2) is 14.5 Å². The van der Waals surface area contributed by atoms with Crippen LogP contribution >= 0.6 is 0 Å². The number of benzene rings is 7. The highest BCUT2D eigenvalue weighted by Crippen LogP contribution is 2.40. The summed E-state index contributed by atoms with van der Waals surface area (Å²) in [5, 5.41) is 4.41. The van der Waals surface area contributed by atoms with Gasteiger partial charge in [0.25, 0.3) is 0 Å². The minimum absolute atomic E-state index is 0.592. The van der Waals surface area contributed by atoms with Gasteiger partial charge < -0.3 is 17.8 Å². The van der Waals surface area contributed by atoms with Gasteiger partial charge in [0.15, 0.2) is 11.2 Å². The van der Waals surface area contributed by atoms with Crippen molar-refractivity contribution in [2.24, 2.45) is 0 Å². The van der Waals surface area contributed by atoms with Crippen molar-refractivity contribution in [3.63, 3.8) is 0 Å². The fourth-order valence-corrected chi connectivity index (χ4v) is 7.36. The van der Waals surface area contributed by atoms with Gasteiger partial charge in [-0.2, -0.15) is 0 Å². The summed E-state index contributed by atoms with van der Waals surface area (Å²) >= 11 is 0. The Labute approximate surface area is 284 Å². The van der Waals surface area contributed by atoms with Crippen molar-refractivity contribution >= 4 is 65.9 Å². The average molecular weight is 644 g/mol. The summed E-state index contributed by atoms with van der Waals surface area (Å²) in [6, 6.07) is 51.8. The Balaban J connectivity index is 1.10. The SMILES string of the molecule is c1ccc2oc(-c3ccc4c(c3)c3cc(-c5nc6ccccc6o5)ccc3n4-c3ccc(-c4cccc5oc6ccccc6c45)cc3)nc2c1. The third-order valence-corrected chi connectivity index (χ3v) is 9.69. The number of para-hydroxylation sites is 5. The number of hydrogen-bond donors (Lipinski definition) is 0. The van der Waals surface area contributed by atoms with Crippen LogP contribution in [0.1, 0.15) is 0 Å². The van der Waals surface area contributed by atoms with E-state index in [4.69, 9.17) is 23.2 Å². The van der Waals surface area contributed by atoms with E-state index in [0.717, 1.165) is 93.9 Å². The van der Waals surface area contributed by atoms with Gasteiger partial charge in [0.05, 0.1) is 11.0 Å². The molecule has 4 heterocycles. The lowest BCUT2D eigenvalue weighted by Crippen LogP contribution is -1.94. The molecule has 7 aromatic carbocycles. The maximum Gasteiger partial charge on any atom is 0.227 e. The molecule has 0 bridgehead atoms. The van der Waals surface area contributed by atoms with E-state index in [-0.39, 0.29) is 0 Å². The lowest BCUT2D eigenvalue weighted by atomic mass is 9.99. The Bertz CT molecular complexity index is 2910. The molecule has 0 fully saturated rings. The summed E-state index contributed by atoms with van der Waals surface area (Å²) in [4.78, 5) is 9.59. The maximum absolute atomic E-state index is 6.19. The second-order valence-electron chi connectivity index (χ2n) is 12.6. The molecule has 4 aromatic heterocycles. The minimum atomic E-state index is 0.592. The van der Waals surface area contributed by atoms with Crippen molar-refractivity contribution in [1.82, 2.24) is 14.5 Å². The fraction of sp³-hybridized carbons (Fsp3) is 0. The summed E-state index contributed by atoms with van der Waals surface area (Å²) in [5.74, 6) is 1.18. The van der Waals surface area contributed by atoms with Crippen LogP contribution < -0.4 is 0 Å². The van der Waals surface area contributed by atoms with Gasteiger partial charge >= 0.3 is 0 Å². The van der Waals surface area contributed by atoms with Crippen LogP contribution in [0.15, 0.2) is 165 Å². The molecular weight excluding hydrogens is 619 g/mol. The molecule has 0 radical (unpaired) electrons. The molecule has 0 spiro atoms. The topological polar surface area (TPSA) is 70.1 Å². The van der Waals surface area contributed by atoms with Crippen LogP contribution in [0.25, 0.3) is 106 Å². The highest BCUT2D eigenvalue weighted by molar-refractivity contribution is 6.13. The lowest BCUT2D eigenvalue weighted by Gasteiger charge is -2.10. The third kappa shape index (κ3) is 4.02. The monoisotopic (exact) mass is 643 g/mol. The Kier molecular flexibility index (Phi) is 5.57. The first-order chi connectivity index (χ1) is 24.7. The van der Waals surface area contributed by atoms with E-state index < -0.39 is 0 Å². The number of furan rings is 1. The van der Waals surface area contributed by atoms with Crippen molar-refractivity contribution in [2.75, 3.05) is 0 Å². The molecule has 0 saturated carbocycles. The van der Waals surface area contributed by atoms with Gasteiger partial charge in [-0.05, 0) is 96.1 Å². The van der Waals surface area contributed by atoms with Gasteiger partial charge in [0.2, 0.25) is 11.8 Å². The molecule has 0 N–H and O–H groups in total. The van der Waals surface area contributed by atoms with Crippen LogP contribution in [0.3, 0.4) is 0 Å². The highest BCUT2D eigenvalue weighted by atomic mass is 16.4. The van der Waals surface area contributed by atoms with Crippen molar-refractivity contribution in [3.8, 4) is 39.7 Å². The van der Waals surface area contributed by atoms with Gasteiger partial charge in [0, 0.05) is 38.4 Å². The van der Waals surface area contributed by atoms with E-state index in [1.807, 2.05) is 66.7 Å². The molecule has 6 nitrogen and oxygen atoms in total. The number of fused-ring (bicyclic) bond motifs is 8. The van der Waals surface area contributed by atoms with E-state index in [1.165, 1.54) is 0 Å². The van der Waals surface area contributed by atoms with Crippen LogP contribution in [0, 0.1) is 0 Å². The van der Waals surface area contributed by atoms with Gasteiger partial charge in [0.1, 0.15) is 22.2 Å². The zero-order valence-electron chi connectivity index (χ0n) is 26.5. The Morgan fingerprint density at radius 1 is 0.400 bits per heavy atom. The molecule has 0 saturated heterocycles. The number of aromatic nitrogens is 3. The maximum atomic E-state index is 6.19. The van der Waals surface area contributed by atoms with Crippen LogP contribution in [0.5, 0.6) is 0 Å². The zero-order chi connectivity index (χ0) is 32.8. The second kappa shape index (κ2) is 10.3. The smallest absolute Gasteiger partial charge is 0.227 e. The number of rotatable bonds is 4. The van der Waals surface area contributed by atoms with Crippen molar-refractivity contribution in [3.05, 3.63) is 152 Å². The summed E-state index contributed by atoms with van der Waals surface area (Å²) < 4.78 is 20.9. The average Bonchev–Trinajstić information content (AvgIpc) is 3.96. The quantitative estimate of drug-likeness (QED) is 0.191. The number of nitrogens with zero attached hydrogens (tertiary/aromatic N) is 3. The third-order valence-electron chi connectivity index (χ3n) is 9.69. The Morgan fingerprint density at radius 2 is 0.940 bits per heavy atom. The normalized spacial score (nSPS) is 12.0. The van der Waals surface area contributed by atoms with Gasteiger partial charge in [-0.1, -0.05) is 66.7 Å². The highest BCUT2D eigenvalue weighted by Gasteiger charge is 2.19. The predicted octanol–water partition coefficient (Wildman–Crippen LogP) is 12.0. The van der Waals surface area contributed by atoms with E-state index in [0.29, 0.717) is 11.8 Å². The number of oxazole rings is 2. The largest absolute Gasteiger partial charge is 0.456 e. The Hall–Kier alpha value is -6.92. The first kappa shape index (κ1) is 27.1. The molecule has 0 aliphatic heterocycles. The second-order valence-corrected chi connectivity index (χ2v) is 12.6. The van der Waals surface area contributed by atoms with E-state index in [2.05, 4.69) is 89.5 Å². The first-order valence-electron chi connectivity index (χ1n) is 16.6. The van der Waals surface area contributed by atoms with Crippen molar-refractivity contribution in [2.45, 2.75) is 0 Å². The standard InChI is InChI=1S/C44H25N3O3/c1-4-12-38-31(8-1)42-30(9-7-15-41(42)48-38)26-16-20-29(21-17-26)47-36-22-18-27(43-45-34-10-2-5-13-39(34)49-43)24-32(36)33-25-28(19-23-37(33)47)44-46-35-11-3-6-14-40(35)50-44/h1-25H. The summed E-state index contributed by atoms with van der Waals surface area (Å²) in [7, 11) is 0. The first-order valence-corrected chi connectivity index (χ1v) is 16.6. The molecular formula is C44H25N3O3.